The SMILES string of the molecule is CC(=O)N[C@@H]1[C@@H](O)[C@H](O[C@@H]2O[C@H](CO[C@H]3O[C@H](CO)[C@@H](O)[C@H](O[C@H]4O[C@H](CO)[C@@H](O)[C@@H](O)[C@@H]4O[C@H]4O[C@H](CO)[C@@H](O)[C@H](O)[C@@H]4O)[C@@H]3O)[C@@H](O)[C@H](O[C@H]3O[C@H](CO)[C@@H](O)[C@H](O)[C@@H]3O[C@H]3O[C@H](CO)[C@@H](O)[C@H](O)[C@@H]3O[C@H]3O[C@H](CO)[C@@H](O)[C@H](O[C@H]4O[C@H](CO)[C@@H](O)[C@H](O[C@H]5O[C@H](CO)[C@@H](O)[C@H](O)[C@H]5O)[C@H]4O)[C@@H]3O)[C@@H]2O)[C@@H](CO)O[C@H]1O. The van der Waals surface area contributed by atoms with Gasteiger partial charge in [0, 0.05) is 6.92 Å². The molecular weight excluding hydrogens is 1570 g/mol. The van der Waals surface area contributed by atoms with E-state index in [1.807, 2.05) is 0 Å². The maximum atomic E-state index is 12.4. The Morgan fingerprint density at radius 3 is 0.772 bits per heavy atom. The number of hydrogen-bond donors (Lipinski definition) is 32. The second-order valence-corrected chi connectivity index (χ2v) is 28.8. The maximum absolute atomic E-state index is 12.4. The molecule has 10 aliphatic rings. The zero-order valence-electron chi connectivity index (χ0n) is 60.0. The molecule has 32 N–H and O–H groups in total. The number of rotatable bonds is 29. The van der Waals surface area contributed by atoms with E-state index >= 15 is 0 Å². The smallest absolute Gasteiger partial charge is 0.217 e. The number of nitrogens with one attached hydrogen (secondary N) is 1. The lowest BCUT2D eigenvalue weighted by Crippen LogP contribution is -2.69. The van der Waals surface area contributed by atoms with Crippen LogP contribution in [0.1, 0.15) is 6.92 Å². The molecule has 0 aromatic heterocycles. The van der Waals surface area contributed by atoms with Crippen molar-refractivity contribution < 1.29 is 253 Å². The minimum Gasteiger partial charge on any atom is -0.394 e. The summed E-state index contributed by atoms with van der Waals surface area (Å²) in [6.07, 6.45) is -106. The van der Waals surface area contributed by atoms with Gasteiger partial charge in [-0.3, -0.25) is 4.79 Å². The van der Waals surface area contributed by atoms with E-state index in [0.29, 0.717) is 0 Å². The standard InChI is InChI=1S/C62H105NO51/c1-12(73)63-23-33(83)45(21(10-72)97-53(23)95)107-59-44(94)49(32(82)22(106-59)11-96-54-41(91)46(29(79)18(7-69)98-54)110-60-50(36(86)26(76)15(4-66)103-60)112-56-40(90)35(85)25(75)14(3-65)100-56)111-61-52(38(88)28(78)16(5-67)104-61)114-62-51(37(87)27(77)17(6-68)105-62)113-58-43(93)48(31(81)20(9-71)102-58)109-57-42(92)47(30(80)19(8-70)101-57)108-55-39(89)34(84)24(74)13(2-64)99-55/h13-62,64-72,74-95H,2-11H2,1H3,(H,63,73)/t13-,14-,15-,16-,17-,18-,19-,20-,21-,22-,23-,24-,25-,26-,27-,28-,29-,30-,31-,32-,33-,34+,35+,36-,37+,38+,39-,40+,41+,42-,43+,44+,45-,46+,47+,48+,49+,50+,51+,52+,53-,54+,55-,56-,57-,58-,59+,60-,61-,62-/m1/s1. The van der Waals surface area contributed by atoms with Gasteiger partial charge in [-0.1, -0.05) is 0 Å². The monoisotopic (exact) mass is 1680 g/mol. The molecule has 664 valence electrons. The van der Waals surface area contributed by atoms with Gasteiger partial charge in [0.25, 0.3) is 0 Å². The lowest BCUT2D eigenvalue weighted by atomic mass is 9.94. The molecule has 0 unspecified atom stereocenters. The Kier molecular flexibility index (Phi) is 33.4. The van der Waals surface area contributed by atoms with Gasteiger partial charge in [0.1, 0.15) is 244 Å². The quantitative estimate of drug-likeness (QED) is 0.0331. The minimum atomic E-state index is -2.55. The highest BCUT2D eigenvalue weighted by Gasteiger charge is 2.62. The van der Waals surface area contributed by atoms with Crippen LogP contribution in [0.15, 0.2) is 0 Å². The van der Waals surface area contributed by atoms with Crippen LogP contribution in [-0.2, 0) is 94.8 Å². The third kappa shape index (κ3) is 19.6. The second kappa shape index (κ2) is 40.6. The van der Waals surface area contributed by atoms with Crippen LogP contribution in [0.2, 0.25) is 0 Å². The summed E-state index contributed by atoms with van der Waals surface area (Å²) in [7, 11) is 0. The Hall–Kier alpha value is -2.53. The molecule has 52 heteroatoms. The highest BCUT2D eigenvalue weighted by atomic mass is 16.8. The van der Waals surface area contributed by atoms with Gasteiger partial charge in [0.05, 0.1) is 66.1 Å². The Bertz CT molecular complexity index is 2920. The highest BCUT2D eigenvalue weighted by molar-refractivity contribution is 5.73. The molecule has 0 spiro atoms. The van der Waals surface area contributed by atoms with Crippen LogP contribution in [0.4, 0.5) is 0 Å². The molecule has 114 heavy (non-hydrogen) atoms. The lowest BCUT2D eigenvalue weighted by molar-refractivity contribution is -0.412. The first-order valence-corrected chi connectivity index (χ1v) is 36.2. The molecule has 50 atom stereocenters. The number of aliphatic hydroxyl groups excluding tert-OH is 31. The minimum absolute atomic E-state index is 0.865. The number of carbonyl (C=O) groups excluding carboxylic acids is 1. The predicted molar refractivity (Wildman–Crippen MR) is 341 cm³/mol. The Labute approximate surface area is 642 Å². The van der Waals surface area contributed by atoms with Gasteiger partial charge in [-0.15, -0.1) is 0 Å². The highest BCUT2D eigenvalue weighted by Crippen LogP contribution is 2.41. The van der Waals surface area contributed by atoms with Gasteiger partial charge in [-0.2, -0.15) is 0 Å². The van der Waals surface area contributed by atoms with Gasteiger partial charge >= 0.3 is 0 Å². The van der Waals surface area contributed by atoms with Crippen molar-refractivity contribution in [2.24, 2.45) is 0 Å². The van der Waals surface area contributed by atoms with Gasteiger partial charge in [0.2, 0.25) is 5.91 Å². The van der Waals surface area contributed by atoms with E-state index in [-0.39, 0.29) is 0 Å². The van der Waals surface area contributed by atoms with E-state index in [9.17, 15) is 163 Å². The van der Waals surface area contributed by atoms with Crippen LogP contribution in [0, 0.1) is 0 Å². The summed E-state index contributed by atoms with van der Waals surface area (Å²) in [5.74, 6) is -0.865. The molecule has 0 saturated carbocycles. The molecule has 1 amide bonds. The molecule has 10 rings (SSSR count). The Morgan fingerprint density at radius 1 is 0.228 bits per heavy atom. The number of amides is 1. The summed E-state index contributed by atoms with van der Waals surface area (Å²) < 4.78 is 110. The summed E-state index contributed by atoms with van der Waals surface area (Å²) in [6, 6.07) is -1.78. The van der Waals surface area contributed by atoms with E-state index in [2.05, 4.69) is 5.32 Å². The van der Waals surface area contributed by atoms with Gasteiger partial charge in [-0.05, 0) is 0 Å². The van der Waals surface area contributed by atoms with E-state index in [4.69, 9.17) is 90.0 Å². The zero-order chi connectivity index (χ0) is 83.7. The molecule has 10 fully saturated rings. The van der Waals surface area contributed by atoms with Crippen molar-refractivity contribution in [3.05, 3.63) is 0 Å². The first-order valence-electron chi connectivity index (χ1n) is 36.2. The van der Waals surface area contributed by atoms with Crippen LogP contribution in [-0.4, -0.2) is 537 Å². The molecule has 0 aromatic rings. The van der Waals surface area contributed by atoms with Crippen LogP contribution >= 0.6 is 0 Å². The molecule has 0 aliphatic carbocycles. The average Bonchev–Trinajstić information content (AvgIpc) is 0.772. The lowest BCUT2D eigenvalue weighted by Gasteiger charge is -2.51. The average molecular weight is 1680 g/mol. The maximum Gasteiger partial charge on any atom is 0.217 e. The number of hydrogen-bond acceptors (Lipinski definition) is 51. The fourth-order valence-corrected chi connectivity index (χ4v) is 14.7. The van der Waals surface area contributed by atoms with Crippen molar-refractivity contribution in [2.45, 2.75) is 314 Å². The summed E-state index contributed by atoms with van der Waals surface area (Å²) >= 11 is 0. The molecule has 0 bridgehead atoms. The largest absolute Gasteiger partial charge is 0.394 e. The fraction of sp³-hybridized carbons (Fsp3) is 0.984. The summed E-state index contributed by atoms with van der Waals surface area (Å²) in [5.41, 5.74) is 0. The fourth-order valence-electron chi connectivity index (χ4n) is 14.7. The molecule has 52 nitrogen and oxygen atoms in total. The van der Waals surface area contributed by atoms with Gasteiger partial charge in [0.15, 0.2) is 62.9 Å². The van der Waals surface area contributed by atoms with Crippen molar-refractivity contribution in [2.75, 3.05) is 66.1 Å². The first-order chi connectivity index (χ1) is 54.1. The molecular formula is C62H105NO51. The zero-order valence-corrected chi connectivity index (χ0v) is 60.0. The van der Waals surface area contributed by atoms with Crippen molar-refractivity contribution >= 4 is 5.91 Å². The number of ether oxygens (including phenoxy) is 19. The molecule has 0 aromatic carbocycles. The second-order valence-electron chi connectivity index (χ2n) is 28.8. The first kappa shape index (κ1) is 93.7. The van der Waals surface area contributed by atoms with E-state index < -0.39 is 379 Å². The van der Waals surface area contributed by atoms with Crippen molar-refractivity contribution in [1.82, 2.24) is 5.32 Å². The predicted octanol–water partition coefficient (Wildman–Crippen LogP) is -22.7. The van der Waals surface area contributed by atoms with Crippen LogP contribution < -0.4 is 5.32 Å². The van der Waals surface area contributed by atoms with Crippen molar-refractivity contribution in [3.63, 3.8) is 0 Å². The van der Waals surface area contributed by atoms with Gasteiger partial charge < -0.3 is 254 Å². The van der Waals surface area contributed by atoms with Crippen LogP contribution in [0.3, 0.4) is 0 Å². The van der Waals surface area contributed by atoms with Gasteiger partial charge in [-0.25, -0.2) is 0 Å². The molecule has 10 aliphatic heterocycles. The van der Waals surface area contributed by atoms with Crippen molar-refractivity contribution in [3.8, 4) is 0 Å². The number of aliphatic hydroxyl groups is 31. The normalized spacial score (nSPS) is 52.6. The Balaban J connectivity index is 0.926. The van der Waals surface area contributed by atoms with Crippen molar-refractivity contribution in [1.29, 1.82) is 0 Å². The Morgan fingerprint density at radius 2 is 0.456 bits per heavy atom. The third-order valence-corrected chi connectivity index (χ3v) is 21.3. The molecule has 0 radical (unpaired) electrons. The molecule has 10 heterocycles. The summed E-state index contributed by atoms with van der Waals surface area (Å²) in [4.78, 5) is 12.3. The topological polar surface area (TPSA) is 832 Å². The number of carbonyl (C=O) groups is 1. The molecule has 10 saturated heterocycles. The van der Waals surface area contributed by atoms with E-state index in [1.54, 1.807) is 0 Å². The summed E-state index contributed by atoms with van der Waals surface area (Å²) in [6.45, 7) is -10.2. The summed E-state index contributed by atoms with van der Waals surface area (Å²) in [5, 5.41) is 344. The van der Waals surface area contributed by atoms with E-state index in [1.165, 1.54) is 0 Å². The van der Waals surface area contributed by atoms with E-state index in [0.717, 1.165) is 6.92 Å². The third-order valence-electron chi connectivity index (χ3n) is 21.3. The van der Waals surface area contributed by atoms with Crippen LogP contribution in [0.5, 0.6) is 0 Å². The van der Waals surface area contributed by atoms with Crippen LogP contribution in [0.25, 0.3) is 0 Å².